The minimum Gasteiger partial charge on any atom is -0.494 e. The second kappa shape index (κ2) is 8.70. The van der Waals surface area contributed by atoms with E-state index >= 15 is 0 Å². The molecule has 1 fully saturated rings. The zero-order valence-electron chi connectivity index (χ0n) is 15.5. The quantitative estimate of drug-likeness (QED) is 0.807. The molecule has 1 amide bonds. The molecule has 1 saturated heterocycles. The molecule has 1 N–H and O–H groups in total. The average Bonchev–Trinajstić information content (AvgIpc) is 3.11. The van der Waals surface area contributed by atoms with Crippen molar-refractivity contribution in [3.8, 4) is 5.75 Å². The van der Waals surface area contributed by atoms with Gasteiger partial charge in [0.25, 0.3) is 0 Å². The van der Waals surface area contributed by atoms with Crippen LogP contribution in [0.1, 0.15) is 36.9 Å². The van der Waals surface area contributed by atoms with Gasteiger partial charge in [0.15, 0.2) is 0 Å². The van der Waals surface area contributed by atoms with E-state index in [0.717, 1.165) is 36.4 Å². The van der Waals surface area contributed by atoms with Gasteiger partial charge in [-0.25, -0.2) is 0 Å². The van der Waals surface area contributed by atoms with Crippen molar-refractivity contribution in [2.45, 2.75) is 38.6 Å². The van der Waals surface area contributed by atoms with Crippen LogP contribution in [0.5, 0.6) is 5.75 Å². The summed E-state index contributed by atoms with van der Waals surface area (Å²) in [6.07, 6.45) is 3.81. The second-order valence-electron chi connectivity index (χ2n) is 6.74. The van der Waals surface area contributed by atoms with Gasteiger partial charge in [0.2, 0.25) is 5.91 Å². The number of carboxylic acids is 1. The summed E-state index contributed by atoms with van der Waals surface area (Å²) in [4.78, 5) is 25.6. The van der Waals surface area contributed by atoms with Gasteiger partial charge in [-0.15, -0.1) is 0 Å². The van der Waals surface area contributed by atoms with Crippen LogP contribution in [-0.2, 0) is 22.6 Å². The zero-order valence-corrected chi connectivity index (χ0v) is 15.5. The fourth-order valence-electron chi connectivity index (χ4n) is 3.55. The highest BCUT2D eigenvalue weighted by atomic mass is 16.5. The summed E-state index contributed by atoms with van der Waals surface area (Å²) < 4.78 is 6.95. The summed E-state index contributed by atoms with van der Waals surface area (Å²) in [5.74, 6) is 0.0932. The lowest BCUT2D eigenvalue weighted by molar-refractivity contribution is -0.138. The highest BCUT2D eigenvalue weighted by Crippen LogP contribution is 2.27. The number of rotatable bonds is 7. The van der Waals surface area contributed by atoms with Crippen LogP contribution in [0.25, 0.3) is 0 Å². The fraction of sp³-hybridized carbons (Fsp3) is 0.450. The van der Waals surface area contributed by atoms with Gasteiger partial charge in [-0.2, -0.15) is 5.10 Å². The summed E-state index contributed by atoms with van der Waals surface area (Å²) in [5.41, 5.74) is 1.84. The number of carbonyl (C=O) groups excluding carboxylic acids is 1. The number of aromatic nitrogens is 2. The molecule has 2 heterocycles. The topological polar surface area (TPSA) is 84.7 Å². The van der Waals surface area contributed by atoms with Crippen LogP contribution >= 0.6 is 0 Å². The number of carbonyl (C=O) groups is 2. The Balaban J connectivity index is 1.63. The minimum absolute atomic E-state index is 0.0909. The van der Waals surface area contributed by atoms with Gasteiger partial charge in [0.1, 0.15) is 12.3 Å². The predicted molar refractivity (Wildman–Crippen MR) is 99.7 cm³/mol. The Morgan fingerprint density at radius 2 is 2.04 bits per heavy atom. The summed E-state index contributed by atoms with van der Waals surface area (Å²) in [6.45, 7) is 3.73. The van der Waals surface area contributed by atoms with Crippen molar-refractivity contribution in [2.24, 2.45) is 0 Å². The summed E-state index contributed by atoms with van der Waals surface area (Å²) in [6, 6.07) is 9.47. The van der Waals surface area contributed by atoms with Crippen LogP contribution < -0.4 is 4.74 Å². The molecule has 2 aromatic rings. The monoisotopic (exact) mass is 371 g/mol. The Hall–Kier alpha value is -2.83. The molecule has 1 aliphatic heterocycles. The lowest BCUT2D eigenvalue weighted by atomic mass is 9.94. The van der Waals surface area contributed by atoms with Crippen molar-refractivity contribution < 1.29 is 19.4 Å². The summed E-state index contributed by atoms with van der Waals surface area (Å²) >= 11 is 0. The van der Waals surface area contributed by atoms with E-state index in [0.29, 0.717) is 19.6 Å². The first-order valence-electron chi connectivity index (χ1n) is 9.30. The number of nitrogens with zero attached hydrogens (tertiary/aromatic N) is 3. The largest absolute Gasteiger partial charge is 0.494 e. The molecule has 7 heteroatoms. The maximum atomic E-state index is 12.7. The zero-order chi connectivity index (χ0) is 19.2. The highest BCUT2D eigenvalue weighted by Gasteiger charge is 2.27. The van der Waals surface area contributed by atoms with Gasteiger partial charge in [-0.05, 0) is 43.5 Å². The molecule has 0 unspecified atom stereocenters. The van der Waals surface area contributed by atoms with Gasteiger partial charge >= 0.3 is 5.97 Å². The number of piperidine rings is 1. The minimum atomic E-state index is -0.917. The molecule has 0 bridgehead atoms. The van der Waals surface area contributed by atoms with E-state index < -0.39 is 5.97 Å². The molecule has 27 heavy (non-hydrogen) atoms. The van der Waals surface area contributed by atoms with Crippen molar-refractivity contribution in [2.75, 3.05) is 19.7 Å². The molecular weight excluding hydrogens is 346 g/mol. The van der Waals surface area contributed by atoms with Crippen molar-refractivity contribution in [1.82, 2.24) is 14.7 Å². The van der Waals surface area contributed by atoms with E-state index in [1.807, 2.05) is 42.2 Å². The molecule has 1 atom stereocenters. The summed E-state index contributed by atoms with van der Waals surface area (Å²) in [7, 11) is 0. The molecule has 144 valence electrons. The first-order valence-corrected chi connectivity index (χ1v) is 9.30. The van der Waals surface area contributed by atoms with Gasteiger partial charge in [0.05, 0.1) is 13.0 Å². The molecule has 3 rings (SSSR count). The van der Waals surface area contributed by atoms with Gasteiger partial charge in [-0.3, -0.25) is 14.3 Å². The van der Waals surface area contributed by atoms with Crippen LogP contribution in [0.3, 0.4) is 0 Å². The number of likely N-dealkylation sites (tertiary alicyclic amines) is 1. The molecule has 1 aliphatic rings. The van der Waals surface area contributed by atoms with Crippen LogP contribution in [-0.4, -0.2) is 51.4 Å². The van der Waals surface area contributed by atoms with E-state index in [2.05, 4.69) is 5.10 Å². The number of carboxylic acid groups (broad SMARTS) is 1. The third-order valence-corrected chi connectivity index (χ3v) is 4.82. The maximum Gasteiger partial charge on any atom is 0.325 e. The first-order chi connectivity index (χ1) is 13.1. The first kappa shape index (κ1) is 18.9. The average molecular weight is 371 g/mol. The number of amides is 1. The Labute approximate surface area is 158 Å². The van der Waals surface area contributed by atoms with Crippen LogP contribution in [0, 0.1) is 0 Å². The van der Waals surface area contributed by atoms with E-state index in [1.54, 1.807) is 6.20 Å². The molecular formula is C20H25N3O4. The van der Waals surface area contributed by atoms with E-state index in [9.17, 15) is 9.59 Å². The van der Waals surface area contributed by atoms with Gasteiger partial charge in [0, 0.05) is 30.9 Å². The molecule has 7 nitrogen and oxygen atoms in total. The molecule has 0 saturated carbocycles. The number of aliphatic carboxylic acids is 1. The SMILES string of the molecule is CCOc1ccc(CC(=O)N2CCC[C@@H](c3ccnn3CC(=O)O)C2)cc1. The lowest BCUT2D eigenvalue weighted by Gasteiger charge is -2.33. The van der Waals surface area contributed by atoms with Crippen LogP contribution in [0.2, 0.25) is 0 Å². The molecule has 1 aromatic carbocycles. The standard InChI is InChI=1S/C20H25N3O4/c1-2-27-17-7-5-15(6-8-17)12-19(24)22-11-3-4-16(13-22)18-9-10-21-23(18)14-20(25)26/h5-10,16H,2-4,11-14H2,1H3,(H,25,26)/t16-/m1/s1. The Kier molecular flexibility index (Phi) is 6.11. The third kappa shape index (κ3) is 4.87. The molecule has 0 spiro atoms. The van der Waals surface area contributed by atoms with E-state index in [1.165, 1.54) is 4.68 Å². The van der Waals surface area contributed by atoms with Gasteiger partial charge in [-0.1, -0.05) is 12.1 Å². The molecule has 1 aromatic heterocycles. The third-order valence-electron chi connectivity index (χ3n) is 4.82. The predicted octanol–water partition coefficient (Wildman–Crippen LogP) is 2.32. The van der Waals surface area contributed by atoms with Crippen molar-refractivity contribution >= 4 is 11.9 Å². The Bertz CT molecular complexity index is 785. The highest BCUT2D eigenvalue weighted by molar-refractivity contribution is 5.79. The fourth-order valence-corrected chi connectivity index (χ4v) is 3.55. The van der Waals surface area contributed by atoms with E-state index in [-0.39, 0.29) is 18.4 Å². The number of ether oxygens (including phenoxy) is 1. The Morgan fingerprint density at radius 1 is 1.26 bits per heavy atom. The smallest absolute Gasteiger partial charge is 0.325 e. The normalized spacial score (nSPS) is 16.9. The van der Waals surface area contributed by atoms with Crippen molar-refractivity contribution in [3.63, 3.8) is 0 Å². The maximum absolute atomic E-state index is 12.7. The molecule has 0 aliphatic carbocycles. The Morgan fingerprint density at radius 3 is 2.74 bits per heavy atom. The van der Waals surface area contributed by atoms with Crippen LogP contribution in [0.4, 0.5) is 0 Å². The molecule has 0 radical (unpaired) electrons. The lowest BCUT2D eigenvalue weighted by Crippen LogP contribution is -2.40. The van der Waals surface area contributed by atoms with Crippen LogP contribution in [0.15, 0.2) is 36.5 Å². The van der Waals surface area contributed by atoms with Crippen molar-refractivity contribution in [1.29, 1.82) is 0 Å². The van der Waals surface area contributed by atoms with Crippen molar-refractivity contribution in [3.05, 3.63) is 47.8 Å². The number of hydrogen-bond acceptors (Lipinski definition) is 4. The summed E-state index contributed by atoms with van der Waals surface area (Å²) in [5, 5.41) is 13.1. The number of hydrogen-bond donors (Lipinski definition) is 1. The second-order valence-corrected chi connectivity index (χ2v) is 6.74. The number of benzene rings is 1. The van der Waals surface area contributed by atoms with E-state index in [4.69, 9.17) is 9.84 Å². The van der Waals surface area contributed by atoms with Gasteiger partial charge < -0.3 is 14.7 Å².